The second kappa shape index (κ2) is 5.01. The van der Waals surface area contributed by atoms with Gasteiger partial charge >= 0.3 is 94.2 Å². The minimum atomic E-state index is -1.98. The predicted octanol–water partition coefficient (Wildman–Crippen LogP) is 3.20. The Bertz CT molecular complexity index is 329. The van der Waals surface area contributed by atoms with Gasteiger partial charge in [0, 0.05) is 0 Å². The van der Waals surface area contributed by atoms with Gasteiger partial charge in [-0.05, 0) is 0 Å². The molecule has 1 rings (SSSR count). The van der Waals surface area contributed by atoms with E-state index in [0.29, 0.717) is 5.76 Å². The summed E-state index contributed by atoms with van der Waals surface area (Å²) in [7, 11) is 0. The molecule has 0 atom stereocenters. The van der Waals surface area contributed by atoms with Crippen molar-refractivity contribution in [1.29, 1.82) is 0 Å². The fourth-order valence-corrected chi connectivity index (χ4v) is 9.03. The number of hydrogen-bond donors (Lipinski definition) is 0. The maximum atomic E-state index is 11.2. The molecule has 84 valence electrons. The number of carbonyl (C=O) groups is 1. The monoisotopic (exact) mass is 270 g/mol. The van der Waals surface area contributed by atoms with Gasteiger partial charge in [0.25, 0.3) is 0 Å². The molecule has 0 aliphatic heterocycles. The van der Waals surface area contributed by atoms with Gasteiger partial charge in [-0.25, -0.2) is 0 Å². The molecule has 1 aromatic rings. The van der Waals surface area contributed by atoms with Crippen molar-refractivity contribution in [3.05, 3.63) is 17.9 Å². The summed E-state index contributed by atoms with van der Waals surface area (Å²) >= 11 is -1.98. The van der Waals surface area contributed by atoms with Gasteiger partial charge in [-0.15, -0.1) is 0 Å². The normalized spacial score (nSPS) is 11.7. The first kappa shape index (κ1) is 12.6. The van der Waals surface area contributed by atoms with Crippen molar-refractivity contribution < 1.29 is 9.21 Å². The summed E-state index contributed by atoms with van der Waals surface area (Å²) in [4.78, 5) is 11.2. The topological polar surface area (TPSA) is 30.2 Å². The van der Waals surface area contributed by atoms with Gasteiger partial charge in [0.1, 0.15) is 0 Å². The van der Waals surface area contributed by atoms with Crippen molar-refractivity contribution in [3.8, 4) is 0 Å². The molecule has 0 aliphatic rings. The Morgan fingerprint density at radius 3 is 2.07 bits per heavy atom. The zero-order valence-electron chi connectivity index (χ0n) is 10.1. The van der Waals surface area contributed by atoms with Gasteiger partial charge in [0.05, 0.1) is 0 Å². The van der Waals surface area contributed by atoms with Gasteiger partial charge in [0.15, 0.2) is 0 Å². The van der Waals surface area contributed by atoms with Crippen molar-refractivity contribution in [3.63, 3.8) is 0 Å². The number of hydrogen-bond acceptors (Lipinski definition) is 2. The van der Waals surface area contributed by atoms with Crippen molar-refractivity contribution >= 4 is 23.6 Å². The molecule has 1 aromatic heterocycles. The molecule has 0 fully saturated rings. The number of furan rings is 1. The van der Waals surface area contributed by atoms with Crippen LogP contribution in [0, 0.1) is 0 Å². The van der Waals surface area contributed by atoms with E-state index in [9.17, 15) is 4.79 Å². The molecule has 0 spiro atoms. The van der Waals surface area contributed by atoms with Crippen LogP contribution >= 0.6 is 0 Å². The number of carbonyl (C=O) groups excluding carboxylic acids is 1. The predicted molar refractivity (Wildman–Crippen MR) is 65.5 cm³/mol. The molecule has 0 amide bonds. The van der Waals surface area contributed by atoms with Crippen LogP contribution in [0.4, 0.5) is 0 Å². The van der Waals surface area contributed by atoms with Crippen molar-refractivity contribution in [2.45, 2.75) is 43.5 Å². The Balaban J connectivity index is 3.07. The van der Waals surface area contributed by atoms with E-state index in [1.807, 2.05) is 12.1 Å². The third kappa shape index (κ3) is 2.36. The first-order chi connectivity index (χ1) is 7.09. The Morgan fingerprint density at radius 1 is 1.20 bits per heavy atom. The Hall–Kier alpha value is -0.507. The second-order valence-corrected chi connectivity index (χ2v) is 14.9. The van der Waals surface area contributed by atoms with E-state index in [-0.39, 0.29) is 5.78 Å². The van der Waals surface area contributed by atoms with Crippen LogP contribution in [0.5, 0.6) is 0 Å². The third-order valence-electron chi connectivity index (χ3n) is 3.51. The molecule has 0 N–H and O–H groups in total. The summed E-state index contributed by atoms with van der Waals surface area (Å²) < 4.78 is 6.86. The Morgan fingerprint density at radius 2 is 1.73 bits per heavy atom. The molecule has 0 saturated carbocycles. The average molecular weight is 269 g/mol. The van der Waals surface area contributed by atoms with Crippen LogP contribution < -0.4 is 4.59 Å². The molecule has 2 nitrogen and oxygen atoms in total. The van der Waals surface area contributed by atoms with Crippen LogP contribution in [-0.4, -0.2) is 19.0 Å². The molecule has 0 unspecified atom stereocenters. The van der Waals surface area contributed by atoms with Crippen LogP contribution in [0.15, 0.2) is 16.5 Å². The second-order valence-electron chi connectivity index (χ2n) is 4.06. The summed E-state index contributed by atoms with van der Waals surface area (Å²) in [6.07, 6.45) is 0. The summed E-state index contributed by atoms with van der Waals surface area (Å²) in [5.41, 5.74) is 0. The molecule has 15 heavy (non-hydrogen) atoms. The van der Waals surface area contributed by atoms with E-state index < -0.39 is 13.3 Å². The third-order valence-corrected chi connectivity index (χ3v) is 14.8. The number of rotatable bonds is 5. The van der Waals surface area contributed by atoms with Gasteiger partial charge in [-0.3, -0.25) is 0 Å². The average Bonchev–Trinajstić information content (AvgIpc) is 2.71. The van der Waals surface area contributed by atoms with E-state index in [1.165, 1.54) is 15.8 Å². The van der Waals surface area contributed by atoms with E-state index in [0.717, 1.165) is 4.59 Å². The summed E-state index contributed by atoms with van der Waals surface area (Å²) in [5.74, 6) is 0.552. The molecule has 0 aromatic carbocycles. The minimum absolute atomic E-state index is 0.0286. The van der Waals surface area contributed by atoms with Crippen LogP contribution in [0.2, 0.25) is 15.8 Å². The zero-order chi connectivity index (χ0) is 11.5. The van der Waals surface area contributed by atoms with Crippen molar-refractivity contribution in [2.75, 3.05) is 0 Å². The van der Waals surface area contributed by atoms with E-state index in [4.69, 9.17) is 4.42 Å². The van der Waals surface area contributed by atoms with Gasteiger partial charge in [-0.2, -0.15) is 0 Å². The summed E-state index contributed by atoms with van der Waals surface area (Å²) in [6.45, 7) is 8.32. The summed E-state index contributed by atoms with van der Waals surface area (Å²) in [6, 6.07) is 3.87. The molecular weight excluding hydrogens is 249 g/mol. The van der Waals surface area contributed by atoms with E-state index >= 15 is 0 Å². The van der Waals surface area contributed by atoms with Gasteiger partial charge < -0.3 is 0 Å². The van der Waals surface area contributed by atoms with Gasteiger partial charge in [-0.1, -0.05) is 0 Å². The first-order valence-electron chi connectivity index (χ1n) is 5.71. The van der Waals surface area contributed by atoms with Crippen LogP contribution in [0.3, 0.4) is 0 Å². The molecule has 0 saturated heterocycles. The molecule has 0 radical (unpaired) electrons. The maximum absolute atomic E-state index is 11.2. The van der Waals surface area contributed by atoms with Crippen LogP contribution in [0.25, 0.3) is 0 Å². The van der Waals surface area contributed by atoms with Crippen LogP contribution in [0.1, 0.15) is 38.2 Å². The molecular formula is C12H20GeO2. The Kier molecular flexibility index (Phi) is 4.20. The van der Waals surface area contributed by atoms with E-state index in [1.54, 1.807) is 6.92 Å². The summed E-state index contributed by atoms with van der Waals surface area (Å²) in [5, 5.41) is 3.70. The molecule has 1 heterocycles. The number of ketones is 1. The number of Topliss-reactive ketones (excluding diaryl/α,β-unsaturated/α-hetero) is 1. The van der Waals surface area contributed by atoms with E-state index in [2.05, 4.69) is 20.8 Å². The van der Waals surface area contributed by atoms with Crippen molar-refractivity contribution in [2.24, 2.45) is 0 Å². The van der Waals surface area contributed by atoms with Gasteiger partial charge in [0.2, 0.25) is 0 Å². The molecule has 3 heteroatoms. The molecule has 0 aliphatic carbocycles. The SMILES string of the molecule is C[CH2][Ge]([CH2]C)([CH2]C)[c]1ccc(C(C)=O)o1. The van der Waals surface area contributed by atoms with Crippen LogP contribution in [-0.2, 0) is 0 Å². The standard InChI is InChI=1S/C12H20GeO2/c1-5-13(6-2,7-3)12-9-8-11(15-12)10(4)14/h8-9H,5-7H2,1-4H3. The quantitative estimate of drug-likeness (QED) is 0.606. The first-order valence-corrected chi connectivity index (χ1v) is 11.2. The Labute approximate surface area is 94.4 Å². The van der Waals surface area contributed by atoms with Crippen molar-refractivity contribution in [1.82, 2.24) is 0 Å². The fourth-order valence-electron chi connectivity index (χ4n) is 2.08. The zero-order valence-corrected chi connectivity index (χ0v) is 12.2. The molecule has 0 bridgehead atoms. The fraction of sp³-hybridized carbons (Fsp3) is 0.583.